The van der Waals surface area contributed by atoms with Gasteiger partial charge in [-0.1, -0.05) is 18.2 Å². The van der Waals surface area contributed by atoms with E-state index >= 15 is 0 Å². The largest absolute Gasteiger partial charge is 0.492 e. The molecular formula is C28H31ClFN5O4. The molecule has 0 atom stereocenters. The van der Waals surface area contributed by atoms with E-state index < -0.39 is 11.7 Å². The van der Waals surface area contributed by atoms with E-state index in [2.05, 4.69) is 32.1 Å². The Morgan fingerprint density at radius 3 is 2.72 bits per heavy atom. The number of amides is 1. The summed E-state index contributed by atoms with van der Waals surface area (Å²) in [5, 5.41) is 6.88. The summed E-state index contributed by atoms with van der Waals surface area (Å²) >= 11 is 6.45. The summed E-state index contributed by atoms with van der Waals surface area (Å²) in [6.07, 6.45) is 4.60. The molecule has 1 aliphatic heterocycles. The number of fused-ring (bicyclic) bond motifs is 1. The smallest absolute Gasteiger partial charge is 0.283 e. The fourth-order valence-electron chi connectivity index (χ4n) is 4.21. The molecule has 2 N–H and O–H groups in total. The first-order chi connectivity index (χ1) is 19.0. The van der Waals surface area contributed by atoms with E-state index in [1.807, 2.05) is 12.1 Å². The van der Waals surface area contributed by atoms with E-state index in [0.29, 0.717) is 58.1 Å². The Labute approximate surface area is 231 Å². The van der Waals surface area contributed by atoms with Gasteiger partial charge in [0.25, 0.3) is 5.91 Å². The fourth-order valence-corrected chi connectivity index (χ4v) is 4.45. The number of ether oxygens (including phenoxy) is 3. The minimum atomic E-state index is -1.10. The first-order valence-electron chi connectivity index (χ1n) is 13.0. The highest BCUT2D eigenvalue weighted by Crippen LogP contribution is 2.36. The van der Waals surface area contributed by atoms with Crippen molar-refractivity contribution in [1.82, 2.24) is 14.9 Å². The molecule has 11 heteroatoms. The molecule has 39 heavy (non-hydrogen) atoms. The van der Waals surface area contributed by atoms with Gasteiger partial charge >= 0.3 is 0 Å². The van der Waals surface area contributed by atoms with Crippen LogP contribution in [0.3, 0.4) is 0 Å². The Balaban J connectivity index is 1.34. The molecule has 1 saturated heterocycles. The van der Waals surface area contributed by atoms with Gasteiger partial charge in [-0.25, -0.2) is 14.4 Å². The van der Waals surface area contributed by atoms with Gasteiger partial charge in [-0.15, -0.1) is 0 Å². The summed E-state index contributed by atoms with van der Waals surface area (Å²) in [5.74, 6) is 0.0601. The lowest BCUT2D eigenvalue weighted by atomic mass is 10.1. The van der Waals surface area contributed by atoms with Crippen molar-refractivity contribution in [1.29, 1.82) is 0 Å². The van der Waals surface area contributed by atoms with Crippen LogP contribution in [0.1, 0.15) is 19.3 Å². The Morgan fingerprint density at radius 1 is 1.15 bits per heavy atom. The van der Waals surface area contributed by atoms with Crippen molar-refractivity contribution in [2.75, 3.05) is 56.7 Å². The standard InChI is InChI=1S/C28H31ClFN5O4/c1-18(30)28(36)34-24-14-21-23(15-26(24)38-10-2-7-35-8-11-37-12-9-35)31-17-32-27(21)33-20-5-6-25(22(29)13-20)39-16-19-3-4-19/h5-6,13-15,17,19H,1-4,7-12,16H2,(H,34,36)(H,31,32,33). The maximum absolute atomic E-state index is 13.6. The highest BCUT2D eigenvalue weighted by atomic mass is 35.5. The molecule has 1 saturated carbocycles. The molecule has 3 aromatic rings. The van der Waals surface area contributed by atoms with Crippen LogP contribution in [-0.2, 0) is 9.53 Å². The number of benzene rings is 2. The van der Waals surface area contributed by atoms with E-state index in [0.717, 1.165) is 39.3 Å². The molecular weight excluding hydrogens is 525 g/mol. The van der Waals surface area contributed by atoms with E-state index in [-0.39, 0.29) is 5.69 Å². The minimum Gasteiger partial charge on any atom is -0.492 e. The number of nitrogens with one attached hydrogen (secondary N) is 2. The van der Waals surface area contributed by atoms with Crippen LogP contribution in [0, 0.1) is 5.92 Å². The van der Waals surface area contributed by atoms with Crippen LogP contribution in [0.25, 0.3) is 10.9 Å². The zero-order chi connectivity index (χ0) is 27.2. The molecule has 0 radical (unpaired) electrons. The van der Waals surface area contributed by atoms with Gasteiger partial charge in [0.05, 0.1) is 42.7 Å². The third-order valence-corrected chi connectivity index (χ3v) is 6.87. The number of hydrogen-bond donors (Lipinski definition) is 2. The Morgan fingerprint density at radius 2 is 1.97 bits per heavy atom. The monoisotopic (exact) mass is 555 g/mol. The number of halogens is 2. The van der Waals surface area contributed by atoms with E-state index in [4.69, 9.17) is 25.8 Å². The first kappa shape index (κ1) is 27.1. The normalized spacial score (nSPS) is 15.6. The molecule has 2 aliphatic rings. The highest BCUT2D eigenvalue weighted by Gasteiger charge is 2.22. The Hall–Kier alpha value is -3.47. The van der Waals surface area contributed by atoms with Gasteiger partial charge in [0, 0.05) is 36.8 Å². The molecule has 0 spiro atoms. The second-order valence-corrected chi connectivity index (χ2v) is 10.0. The predicted molar refractivity (Wildman–Crippen MR) is 149 cm³/mol. The van der Waals surface area contributed by atoms with E-state index in [9.17, 15) is 9.18 Å². The molecule has 9 nitrogen and oxygen atoms in total. The van der Waals surface area contributed by atoms with Gasteiger partial charge in [-0.3, -0.25) is 9.69 Å². The third kappa shape index (κ3) is 7.35. The van der Waals surface area contributed by atoms with Crippen molar-refractivity contribution in [3.63, 3.8) is 0 Å². The molecule has 1 amide bonds. The summed E-state index contributed by atoms with van der Waals surface area (Å²) < 4.78 is 30.8. The zero-order valence-electron chi connectivity index (χ0n) is 21.6. The van der Waals surface area contributed by atoms with Gasteiger partial charge < -0.3 is 24.8 Å². The van der Waals surface area contributed by atoms with Gasteiger partial charge in [0.1, 0.15) is 23.6 Å². The van der Waals surface area contributed by atoms with Crippen LogP contribution >= 0.6 is 11.6 Å². The van der Waals surface area contributed by atoms with Crippen molar-refractivity contribution in [3.8, 4) is 11.5 Å². The number of aromatic nitrogens is 2. The predicted octanol–water partition coefficient (Wildman–Crippen LogP) is 5.34. The number of carbonyl (C=O) groups is 1. The molecule has 1 aromatic heterocycles. The maximum Gasteiger partial charge on any atom is 0.283 e. The molecule has 0 bridgehead atoms. The average molecular weight is 556 g/mol. The molecule has 0 unspecified atom stereocenters. The molecule has 206 valence electrons. The maximum atomic E-state index is 13.6. The lowest BCUT2D eigenvalue weighted by molar-refractivity contribution is -0.114. The topological polar surface area (TPSA) is 97.8 Å². The number of hydrogen-bond acceptors (Lipinski definition) is 8. The van der Waals surface area contributed by atoms with Crippen molar-refractivity contribution < 1.29 is 23.4 Å². The van der Waals surface area contributed by atoms with Gasteiger partial charge in [-0.2, -0.15) is 0 Å². The number of carbonyl (C=O) groups excluding carboxylic acids is 1. The summed E-state index contributed by atoms with van der Waals surface area (Å²) in [6, 6.07) is 8.79. The highest BCUT2D eigenvalue weighted by molar-refractivity contribution is 6.32. The lowest BCUT2D eigenvalue weighted by Gasteiger charge is -2.26. The molecule has 5 rings (SSSR count). The molecule has 2 heterocycles. The van der Waals surface area contributed by atoms with Crippen molar-refractivity contribution in [2.24, 2.45) is 5.92 Å². The second kappa shape index (κ2) is 12.6. The number of rotatable bonds is 12. The van der Waals surface area contributed by atoms with Crippen LogP contribution in [0.4, 0.5) is 21.6 Å². The quantitative estimate of drug-likeness (QED) is 0.228. The van der Waals surface area contributed by atoms with Crippen molar-refractivity contribution >= 4 is 45.6 Å². The van der Waals surface area contributed by atoms with Crippen molar-refractivity contribution in [3.05, 3.63) is 54.1 Å². The second-order valence-electron chi connectivity index (χ2n) is 9.63. The summed E-state index contributed by atoms with van der Waals surface area (Å²) in [4.78, 5) is 23.2. The van der Waals surface area contributed by atoms with Crippen LogP contribution in [0.15, 0.2) is 49.1 Å². The molecule has 2 fully saturated rings. The van der Waals surface area contributed by atoms with E-state index in [1.165, 1.54) is 19.2 Å². The van der Waals surface area contributed by atoms with Gasteiger partial charge in [-0.05, 0) is 49.4 Å². The van der Waals surface area contributed by atoms with Crippen LogP contribution in [0.2, 0.25) is 5.02 Å². The minimum absolute atomic E-state index is 0.289. The Kier molecular flexibility index (Phi) is 8.75. The number of nitrogens with zero attached hydrogens (tertiary/aromatic N) is 3. The summed E-state index contributed by atoms with van der Waals surface area (Å²) in [5.41, 5.74) is 1.57. The summed E-state index contributed by atoms with van der Waals surface area (Å²) in [6.45, 7) is 8.28. The first-order valence-corrected chi connectivity index (χ1v) is 13.4. The van der Waals surface area contributed by atoms with Crippen molar-refractivity contribution in [2.45, 2.75) is 19.3 Å². The SMILES string of the molecule is C=C(F)C(=O)Nc1cc2c(Nc3ccc(OCC4CC4)c(Cl)c3)ncnc2cc1OCCCN1CCOCC1. The molecule has 1 aliphatic carbocycles. The van der Waals surface area contributed by atoms with E-state index in [1.54, 1.807) is 18.2 Å². The fraction of sp³-hybridized carbons (Fsp3) is 0.393. The van der Waals surface area contributed by atoms with Crippen LogP contribution in [-0.4, -0.2) is 66.8 Å². The van der Waals surface area contributed by atoms with Gasteiger partial charge in [0.2, 0.25) is 0 Å². The number of anilines is 3. The van der Waals surface area contributed by atoms with Crippen LogP contribution in [0.5, 0.6) is 11.5 Å². The van der Waals surface area contributed by atoms with Crippen LogP contribution < -0.4 is 20.1 Å². The average Bonchev–Trinajstić information content (AvgIpc) is 3.76. The molecule has 2 aromatic carbocycles. The zero-order valence-corrected chi connectivity index (χ0v) is 22.3. The number of morpholine rings is 1. The van der Waals surface area contributed by atoms with Gasteiger partial charge in [0.15, 0.2) is 5.83 Å². The third-order valence-electron chi connectivity index (χ3n) is 6.58. The summed E-state index contributed by atoms with van der Waals surface area (Å²) in [7, 11) is 0. The lowest BCUT2D eigenvalue weighted by Crippen LogP contribution is -2.37. The Bertz CT molecular complexity index is 1350.